The van der Waals surface area contributed by atoms with Crippen LogP contribution >= 0.6 is 0 Å². The average molecular weight is 198 g/mol. The van der Waals surface area contributed by atoms with Gasteiger partial charge in [0, 0.05) is 13.5 Å². The first-order valence-corrected chi connectivity index (χ1v) is 3.68. The van der Waals surface area contributed by atoms with Gasteiger partial charge in [-0.1, -0.05) is 0 Å². The van der Waals surface area contributed by atoms with Gasteiger partial charge in [0.05, 0.1) is 6.10 Å². The van der Waals surface area contributed by atoms with E-state index in [0.29, 0.717) is 0 Å². The van der Waals surface area contributed by atoms with Crippen LogP contribution in [0.15, 0.2) is 0 Å². The Labute approximate surface area is 72.8 Å². The van der Waals surface area contributed by atoms with Gasteiger partial charge in [-0.05, 0) is 0 Å². The normalized spacial score (nSPS) is 28.8. The molecule has 0 N–H and O–H groups in total. The number of hydrogen-bond acceptors (Lipinski definition) is 3. The van der Waals surface area contributed by atoms with E-state index in [0.717, 1.165) is 0 Å². The molecular weight excluding hydrogens is 189 g/mol. The fourth-order valence-electron chi connectivity index (χ4n) is 1.10. The van der Waals surface area contributed by atoms with Crippen molar-refractivity contribution in [3.8, 4) is 0 Å². The lowest BCUT2D eigenvalue weighted by Crippen LogP contribution is -2.50. The first-order chi connectivity index (χ1) is 5.94. The Balaban J connectivity index is 2.28. The molecule has 1 saturated carbocycles. The second kappa shape index (κ2) is 3.63. The van der Waals surface area contributed by atoms with Gasteiger partial charge in [0.1, 0.15) is 12.7 Å². The van der Waals surface area contributed by atoms with Crippen molar-refractivity contribution in [2.75, 3.05) is 13.7 Å². The number of ether oxygens (including phenoxy) is 2. The van der Waals surface area contributed by atoms with Gasteiger partial charge in [-0.3, -0.25) is 4.79 Å². The number of carbonyl (C=O) groups is 1. The van der Waals surface area contributed by atoms with Crippen molar-refractivity contribution < 1.29 is 27.4 Å². The Morgan fingerprint density at radius 2 is 2.15 bits per heavy atom. The van der Waals surface area contributed by atoms with Gasteiger partial charge >= 0.3 is 6.18 Å². The molecule has 0 heterocycles. The maximum atomic E-state index is 11.7. The van der Waals surface area contributed by atoms with E-state index in [-0.39, 0.29) is 12.2 Å². The van der Waals surface area contributed by atoms with Gasteiger partial charge in [0.2, 0.25) is 0 Å². The number of hydrogen-bond donors (Lipinski definition) is 0. The molecule has 0 aromatic rings. The first kappa shape index (κ1) is 10.5. The van der Waals surface area contributed by atoms with Gasteiger partial charge in [-0.25, -0.2) is 0 Å². The largest absolute Gasteiger partial charge is 0.411 e. The molecule has 0 aliphatic heterocycles. The van der Waals surface area contributed by atoms with Crippen LogP contribution < -0.4 is 0 Å². The van der Waals surface area contributed by atoms with Gasteiger partial charge in [-0.15, -0.1) is 0 Å². The molecule has 13 heavy (non-hydrogen) atoms. The molecule has 0 spiro atoms. The minimum atomic E-state index is -4.35. The molecule has 0 aromatic carbocycles. The van der Waals surface area contributed by atoms with Crippen LogP contribution in [0.5, 0.6) is 0 Å². The van der Waals surface area contributed by atoms with Gasteiger partial charge in [0.25, 0.3) is 0 Å². The Hall–Kier alpha value is -0.620. The van der Waals surface area contributed by atoms with E-state index in [1.807, 2.05) is 0 Å². The molecule has 0 bridgehead atoms. The number of rotatable bonds is 3. The number of alkyl halides is 3. The molecule has 0 amide bonds. The summed E-state index contributed by atoms with van der Waals surface area (Å²) in [7, 11) is 1.27. The maximum absolute atomic E-state index is 11.7. The summed E-state index contributed by atoms with van der Waals surface area (Å²) in [6.45, 7) is -1.33. The van der Waals surface area contributed by atoms with Crippen molar-refractivity contribution in [1.29, 1.82) is 0 Å². The topological polar surface area (TPSA) is 35.5 Å². The highest BCUT2D eigenvalue weighted by atomic mass is 19.4. The van der Waals surface area contributed by atoms with E-state index in [4.69, 9.17) is 0 Å². The number of carbonyl (C=O) groups excluding carboxylic acids is 1. The molecule has 3 nitrogen and oxygen atoms in total. The number of methoxy groups -OCH3 is 1. The van der Waals surface area contributed by atoms with Crippen LogP contribution in [-0.2, 0) is 14.3 Å². The lowest BCUT2D eigenvalue weighted by molar-refractivity contribution is -0.210. The summed E-state index contributed by atoms with van der Waals surface area (Å²) >= 11 is 0. The molecule has 2 unspecified atom stereocenters. The minimum Gasteiger partial charge on any atom is -0.371 e. The number of ketones is 1. The third-order valence-corrected chi connectivity index (χ3v) is 1.77. The Kier molecular flexibility index (Phi) is 2.92. The fraction of sp³-hybridized carbons (Fsp3) is 0.857. The van der Waals surface area contributed by atoms with Crippen LogP contribution in [0.25, 0.3) is 0 Å². The van der Waals surface area contributed by atoms with Crippen molar-refractivity contribution in [1.82, 2.24) is 0 Å². The van der Waals surface area contributed by atoms with Crippen molar-refractivity contribution in [2.45, 2.75) is 24.8 Å². The standard InChI is InChI=1S/C7H9F3O3/c1-12-6-4(11)2-5(6)13-3-7(8,9)10/h5-6H,2-3H2,1H3. The summed E-state index contributed by atoms with van der Waals surface area (Å²) in [4.78, 5) is 10.7. The van der Waals surface area contributed by atoms with E-state index in [9.17, 15) is 18.0 Å². The summed E-state index contributed by atoms with van der Waals surface area (Å²) in [5, 5.41) is 0. The Bertz CT molecular complexity index is 202. The molecule has 0 aromatic heterocycles. The zero-order valence-electron chi connectivity index (χ0n) is 6.93. The van der Waals surface area contributed by atoms with Crippen LogP contribution in [0.2, 0.25) is 0 Å². The predicted molar refractivity (Wildman–Crippen MR) is 36.2 cm³/mol. The SMILES string of the molecule is COC1C(=O)CC1OCC(F)(F)F. The molecule has 1 aliphatic carbocycles. The molecule has 1 rings (SSSR count). The quantitative estimate of drug-likeness (QED) is 0.676. The van der Waals surface area contributed by atoms with Gasteiger partial charge in [-0.2, -0.15) is 13.2 Å². The van der Waals surface area contributed by atoms with Gasteiger partial charge < -0.3 is 9.47 Å². The van der Waals surface area contributed by atoms with E-state index in [1.54, 1.807) is 0 Å². The van der Waals surface area contributed by atoms with Crippen LogP contribution in [0.1, 0.15) is 6.42 Å². The second-order valence-electron chi connectivity index (χ2n) is 2.79. The van der Waals surface area contributed by atoms with Crippen molar-refractivity contribution in [2.24, 2.45) is 0 Å². The summed E-state index contributed by atoms with van der Waals surface area (Å²) in [6.07, 6.45) is -5.90. The second-order valence-corrected chi connectivity index (χ2v) is 2.79. The highest BCUT2D eigenvalue weighted by Crippen LogP contribution is 2.25. The summed E-state index contributed by atoms with van der Waals surface area (Å²) < 4.78 is 44.0. The summed E-state index contributed by atoms with van der Waals surface area (Å²) in [5.41, 5.74) is 0. The molecule has 76 valence electrons. The minimum absolute atomic E-state index is 0.00852. The average Bonchev–Trinajstić information content (AvgIpc) is 1.96. The third kappa shape index (κ3) is 2.67. The monoisotopic (exact) mass is 198 g/mol. The van der Waals surface area contributed by atoms with E-state index < -0.39 is 25.0 Å². The summed E-state index contributed by atoms with van der Waals surface area (Å²) in [5.74, 6) is -0.213. The highest BCUT2D eigenvalue weighted by molar-refractivity contribution is 5.90. The number of Topliss-reactive ketones (excluding diaryl/α,β-unsaturated/α-hetero) is 1. The molecule has 0 radical (unpaired) electrons. The van der Waals surface area contributed by atoms with Gasteiger partial charge in [0.15, 0.2) is 5.78 Å². The van der Waals surface area contributed by atoms with Crippen molar-refractivity contribution in [3.05, 3.63) is 0 Å². The van der Waals surface area contributed by atoms with Crippen molar-refractivity contribution >= 4 is 5.78 Å². The maximum Gasteiger partial charge on any atom is 0.411 e. The van der Waals surface area contributed by atoms with Crippen LogP contribution in [0, 0.1) is 0 Å². The third-order valence-electron chi connectivity index (χ3n) is 1.77. The van der Waals surface area contributed by atoms with E-state index >= 15 is 0 Å². The molecule has 6 heteroatoms. The Morgan fingerprint density at radius 1 is 1.54 bits per heavy atom. The molecule has 1 fully saturated rings. The predicted octanol–water partition coefficient (Wildman–Crippen LogP) is 0.922. The Morgan fingerprint density at radius 3 is 2.54 bits per heavy atom. The molecule has 0 saturated heterocycles. The summed E-state index contributed by atoms with van der Waals surface area (Å²) in [6, 6.07) is 0. The zero-order valence-corrected chi connectivity index (χ0v) is 6.93. The van der Waals surface area contributed by atoms with Crippen LogP contribution in [0.4, 0.5) is 13.2 Å². The smallest absolute Gasteiger partial charge is 0.371 e. The zero-order chi connectivity index (χ0) is 10.1. The van der Waals surface area contributed by atoms with E-state index in [2.05, 4.69) is 9.47 Å². The lowest BCUT2D eigenvalue weighted by atomic mass is 9.90. The van der Waals surface area contributed by atoms with Crippen LogP contribution in [0.3, 0.4) is 0 Å². The molecular formula is C7H9F3O3. The van der Waals surface area contributed by atoms with E-state index in [1.165, 1.54) is 7.11 Å². The molecule has 2 atom stereocenters. The fourth-order valence-corrected chi connectivity index (χ4v) is 1.10. The highest BCUT2D eigenvalue weighted by Gasteiger charge is 2.43. The van der Waals surface area contributed by atoms with Crippen LogP contribution in [-0.4, -0.2) is 37.9 Å². The number of halogens is 3. The lowest BCUT2D eigenvalue weighted by Gasteiger charge is -2.33. The first-order valence-electron chi connectivity index (χ1n) is 3.68. The van der Waals surface area contributed by atoms with Crippen molar-refractivity contribution in [3.63, 3.8) is 0 Å². The molecule has 1 aliphatic rings.